The second-order valence-electron chi connectivity index (χ2n) is 5.07. The number of carbonyl (C=O) groups is 2. The highest BCUT2D eigenvalue weighted by Crippen LogP contribution is 2.12. The lowest BCUT2D eigenvalue weighted by Crippen LogP contribution is -2.32. The number of carbonyl (C=O) groups excluding carboxylic acids is 1. The monoisotopic (exact) mass is 258 g/mol. The van der Waals surface area contributed by atoms with Crippen molar-refractivity contribution >= 4 is 11.9 Å². The zero-order valence-electron chi connectivity index (χ0n) is 11.7. The molecule has 0 radical (unpaired) electrons. The van der Waals surface area contributed by atoms with Crippen molar-refractivity contribution in [3.05, 3.63) is 0 Å². The third kappa shape index (κ3) is 8.06. The molecule has 18 heavy (non-hydrogen) atoms. The molecule has 5 nitrogen and oxygen atoms in total. The summed E-state index contributed by atoms with van der Waals surface area (Å²) in [6.45, 7) is 4.38. The van der Waals surface area contributed by atoms with E-state index >= 15 is 0 Å². The molecular weight excluding hydrogens is 232 g/mol. The van der Waals surface area contributed by atoms with E-state index in [1.54, 1.807) is 11.9 Å². The van der Waals surface area contributed by atoms with Crippen molar-refractivity contribution < 1.29 is 14.7 Å². The lowest BCUT2D eigenvalue weighted by atomic mass is 10.0. The molecule has 0 rings (SSSR count). The van der Waals surface area contributed by atoms with Gasteiger partial charge >= 0.3 is 5.97 Å². The molecule has 2 unspecified atom stereocenters. The Morgan fingerprint density at radius 1 is 1.22 bits per heavy atom. The molecule has 0 bridgehead atoms. The average Bonchev–Trinajstić information content (AvgIpc) is 2.26. The van der Waals surface area contributed by atoms with E-state index in [9.17, 15) is 9.59 Å². The third-order valence-corrected chi connectivity index (χ3v) is 2.98. The van der Waals surface area contributed by atoms with Crippen molar-refractivity contribution in [3.8, 4) is 0 Å². The van der Waals surface area contributed by atoms with Crippen molar-refractivity contribution in [2.75, 3.05) is 13.6 Å². The minimum atomic E-state index is -0.819. The number of carboxylic acid groups (broad SMARTS) is 1. The molecule has 0 aliphatic rings. The van der Waals surface area contributed by atoms with Gasteiger partial charge in [0.1, 0.15) is 0 Å². The molecule has 0 aliphatic heterocycles. The third-order valence-electron chi connectivity index (χ3n) is 2.98. The molecule has 3 N–H and O–H groups in total. The number of nitrogens with zero attached hydrogens (tertiary/aromatic N) is 1. The SMILES string of the molecule is CC(N)CCCC(C)C(=O)N(C)CCCC(=O)O. The van der Waals surface area contributed by atoms with Crippen molar-refractivity contribution in [3.63, 3.8) is 0 Å². The van der Waals surface area contributed by atoms with Crippen LogP contribution < -0.4 is 5.73 Å². The topological polar surface area (TPSA) is 83.6 Å². The lowest BCUT2D eigenvalue weighted by molar-refractivity contribution is -0.138. The Bertz CT molecular complexity index is 267. The summed E-state index contributed by atoms with van der Waals surface area (Å²) in [4.78, 5) is 23.9. The van der Waals surface area contributed by atoms with E-state index in [1.807, 2.05) is 13.8 Å². The maximum Gasteiger partial charge on any atom is 0.303 e. The molecule has 0 fully saturated rings. The summed E-state index contributed by atoms with van der Waals surface area (Å²) in [6.07, 6.45) is 3.33. The highest BCUT2D eigenvalue weighted by Gasteiger charge is 2.17. The van der Waals surface area contributed by atoms with Crippen LogP contribution in [0.2, 0.25) is 0 Å². The summed E-state index contributed by atoms with van der Waals surface area (Å²) in [5.74, 6) is -0.746. The van der Waals surface area contributed by atoms with Crippen LogP contribution in [0.25, 0.3) is 0 Å². The number of rotatable bonds is 9. The van der Waals surface area contributed by atoms with Crippen molar-refractivity contribution in [1.29, 1.82) is 0 Å². The fraction of sp³-hybridized carbons (Fsp3) is 0.846. The van der Waals surface area contributed by atoms with Gasteiger partial charge in [0.25, 0.3) is 0 Å². The number of carboxylic acids is 1. The first-order valence-electron chi connectivity index (χ1n) is 6.57. The highest BCUT2D eigenvalue weighted by molar-refractivity contribution is 5.78. The molecule has 0 heterocycles. The van der Waals surface area contributed by atoms with Crippen molar-refractivity contribution in [1.82, 2.24) is 4.90 Å². The van der Waals surface area contributed by atoms with Gasteiger partial charge in [-0.05, 0) is 26.2 Å². The van der Waals surface area contributed by atoms with Crippen LogP contribution in [0.4, 0.5) is 0 Å². The van der Waals surface area contributed by atoms with Crippen molar-refractivity contribution in [2.24, 2.45) is 11.7 Å². The van der Waals surface area contributed by atoms with Crippen LogP contribution >= 0.6 is 0 Å². The van der Waals surface area contributed by atoms with E-state index in [4.69, 9.17) is 10.8 Å². The maximum atomic E-state index is 11.9. The number of hydrogen-bond donors (Lipinski definition) is 2. The molecule has 0 saturated heterocycles. The van der Waals surface area contributed by atoms with Crippen LogP contribution in [0, 0.1) is 5.92 Å². The second-order valence-corrected chi connectivity index (χ2v) is 5.07. The summed E-state index contributed by atoms with van der Waals surface area (Å²) < 4.78 is 0. The molecule has 0 aromatic carbocycles. The van der Waals surface area contributed by atoms with E-state index in [0.717, 1.165) is 19.3 Å². The first-order chi connectivity index (χ1) is 8.34. The Morgan fingerprint density at radius 3 is 2.33 bits per heavy atom. The molecule has 0 spiro atoms. The fourth-order valence-corrected chi connectivity index (χ4v) is 1.82. The van der Waals surface area contributed by atoms with Gasteiger partial charge in [-0.2, -0.15) is 0 Å². The molecule has 2 atom stereocenters. The molecular formula is C13H26N2O3. The molecule has 1 amide bonds. The largest absolute Gasteiger partial charge is 0.481 e. The summed E-state index contributed by atoms with van der Waals surface area (Å²) >= 11 is 0. The summed E-state index contributed by atoms with van der Waals surface area (Å²) in [5.41, 5.74) is 5.66. The van der Waals surface area contributed by atoms with Crippen LogP contribution in [-0.4, -0.2) is 41.5 Å². The van der Waals surface area contributed by atoms with E-state index in [1.165, 1.54) is 0 Å². The predicted octanol–water partition coefficient (Wildman–Crippen LogP) is 1.46. The number of nitrogens with two attached hydrogens (primary N) is 1. The van der Waals surface area contributed by atoms with Crippen LogP contribution in [-0.2, 0) is 9.59 Å². The number of aliphatic carboxylic acids is 1. The zero-order chi connectivity index (χ0) is 14.1. The Balaban J connectivity index is 3.85. The molecule has 106 valence electrons. The van der Waals surface area contributed by atoms with Gasteiger partial charge in [0.05, 0.1) is 0 Å². The van der Waals surface area contributed by atoms with Gasteiger partial charge in [0.2, 0.25) is 5.91 Å². The molecule has 0 aromatic rings. The van der Waals surface area contributed by atoms with E-state index < -0.39 is 5.97 Å². The van der Waals surface area contributed by atoms with Gasteiger partial charge in [-0.15, -0.1) is 0 Å². The van der Waals surface area contributed by atoms with Crippen LogP contribution in [0.3, 0.4) is 0 Å². The molecule has 5 heteroatoms. The predicted molar refractivity (Wildman–Crippen MR) is 71.2 cm³/mol. The van der Waals surface area contributed by atoms with Gasteiger partial charge in [-0.25, -0.2) is 0 Å². The summed E-state index contributed by atoms with van der Waals surface area (Å²) in [5, 5.41) is 8.53. The quantitative estimate of drug-likeness (QED) is 0.656. The first-order valence-corrected chi connectivity index (χ1v) is 6.57. The summed E-state index contributed by atoms with van der Waals surface area (Å²) in [6, 6.07) is 0.181. The maximum absolute atomic E-state index is 11.9. The smallest absolute Gasteiger partial charge is 0.303 e. The zero-order valence-corrected chi connectivity index (χ0v) is 11.7. The van der Waals surface area contributed by atoms with Gasteiger partial charge in [-0.3, -0.25) is 9.59 Å². The van der Waals surface area contributed by atoms with Gasteiger partial charge in [0, 0.05) is 32.0 Å². The minimum Gasteiger partial charge on any atom is -0.481 e. The van der Waals surface area contributed by atoms with Crippen LogP contribution in [0.5, 0.6) is 0 Å². The standard InChI is InChI=1S/C13H26N2O3/c1-10(6-4-7-11(2)14)13(18)15(3)9-5-8-12(16)17/h10-11H,4-9,14H2,1-3H3,(H,16,17). The first kappa shape index (κ1) is 16.9. The number of hydrogen-bond acceptors (Lipinski definition) is 3. The fourth-order valence-electron chi connectivity index (χ4n) is 1.82. The van der Waals surface area contributed by atoms with Crippen molar-refractivity contribution in [2.45, 2.75) is 52.0 Å². The Labute approximate surface area is 109 Å². The highest BCUT2D eigenvalue weighted by atomic mass is 16.4. The van der Waals surface area contributed by atoms with Crippen LogP contribution in [0.1, 0.15) is 46.0 Å². The van der Waals surface area contributed by atoms with Crippen LogP contribution in [0.15, 0.2) is 0 Å². The Morgan fingerprint density at radius 2 is 1.83 bits per heavy atom. The second kappa shape index (κ2) is 8.91. The Kier molecular flexibility index (Phi) is 8.37. The van der Waals surface area contributed by atoms with Gasteiger partial charge < -0.3 is 15.7 Å². The van der Waals surface area contributed by atoms with Gasteiger partial charge in [-0.1, -0.05) is 13.3 Å². The summed E-state index contributed by atoms with van der Waals surface area (Å²) in [7, 11) is 1.73. The molecule has 0 aliphatic carbocycles. The normalized spacial score (nSPS) is 14.0. The molecule has 0 aromatic heterocycles. The van der Waals surface area contributed by atoms with E-state index in [2.05, 4.69) is 0 Å². The average molecular weight is 258 g/mol. The van der Waals surface area contributed by atoms with Gasteiger partial charge in [0.15, 0.2) is 0 Å². The Hall–Kier alpha value is -1.10. The van der Waals surface area contributed by atoms with E-state index in [0.29, 0.717) is 13.0 Å². The lowest BCUT2D eigenvalue weighted by Gasteiger charge is -2.21. The van der Waals surface area contributed by atoms with E-state index in [-0.39, 0.29) is 24.3 Å². The minimum absolute atomic E-state index is 0.0152. The molecule has 0 saturated carbocycles. The number of amides is 1.